The number of aromatic nitrogens is 2. The molecule has 30 heavy (non-hydrogen) atoms. The molecule has 4 nitrogen and oxygen atoms in total. The van der Waals surface area contributed by atoms with E-state index in [1.54, 1.807) is 47.7 Å². The van der Waals surface area contributed by atoms with Crippen molar-refractivity contribution in [1.29, 1.82) is 0 Å². The highest BCUT2D eigenvalue weighted by Gasteiger charge is 2.30. The van der Waals surface area contributed by atoms with E-state index in [-0.39, 0.29) is 5.91 Å². The molecule has 1 amide bonds. The van der Waals surface area contributed by atoms with Crippen molar-refractivity contribution >= 4 is 17.2 Å². The van der Waals surface area contributed by atoms with Crippen LogP contribution in [0.4, 0.5) is 13.2 Å². The van der Waals surface area contributed by atoms with Gasteiger partial charge in [0.2, 0.25) is 0 Å². The molecule has 2 aromatic heterocycles. The number of nitrogens with zero attached hydrogens (tertiary/aromatic N) is 1. The molecule has 0 spiro atoms. The van der Waals surface area contributed by atoms with Crippen molar-refractivity contribution in [2.75, 3.05) is 0 Å². The van der Waals surface area contributed by atoms with Crippen LogP contribution in [0.2, 0.25) is 0 Å². The van der Waals surface area contributed by atoms with Gasteiger partial charge < -0.3 is 5.32 Å². The first-order valence-electron chi connectivity index (χ1n) is 9.03. The predicted molar refractivity (Wildman–Crippen MR) is 110 cm³/mol. The number of halogens is 3. The molecule has 0 aliphatic heterocycles. The molecule has 2 N–H and O–H groups in total. The summed E-state index contributed by atoms with van der Waals surface area (Å²) in [5, 5.41) is 13.8. The fraction of sp³-hybridized carbons (Fsp3) is 0.0909. The third kappa shape index (κ3) is 4.44. The summed E-state index contributed by atoms with van der Waals surface area (Å²) in [6.07, 6.45) is -4.41. The summed E-state index contributed by atoms with van der Waals surface area (Å²) < 4.78 is 38.8. The minimum Gasteiger partial charge on any atom is -0.348 e. The molecule has 0 unspecified atom stereocenters. The van der Waals surface area contributed by atoms with Crippen LogP contribution < -0.4 is 5.32 Å². The molecule has 0 bridgehead atoms. The van der Waals surface area contributed by atoms with Crippen molar-refractivity contribution < 1.29 is 18.0 Å². The van der Waals surface area contributed by atoms with Crippen molar-refractivity contribution in [2.45, 2.75) is 12.7 Å². The topological polar surface area (TPSA) is 57.8 Å². The van der Waals surface area contributed by atoms with Crippen LogP contribution in [-0.4, -0.2) is 16.1 Å². The van der Waals surface area contributed by atoms with Gasteiger partial charge in [0.15, 0.2) is 0 Å². The lowest BCUT2D eigenvalue weighted by molar-refractivity contribution is -0.137. The zero-order valence-corrected chi connectivity index (χ0v) is 16.3. The summed E-state index contributed by atoms with van der Waals surface area (Å²) >= 11 is 1.57. The van der Waals surface area contributed by atoms with Crippen LogP contribution in [0.15, 0.2) is 71.4 Å². The number of carbonyl (C=O) groups excluding carboxylic acids is 1. The van der Waals surface area contributed by atoms with Gasteiger partial charge in [-0.2, -0.15) is 29.6 Å². The molecule has 2 heterocycles. The number of hydrogen-bond acceptors (Lipinski definition) is 3. The van der Waals surface area contributed by atoms with Crippen LogP contribution in [0.5, 0.6) is 0 Å². The number of hydrogen-bond donors (Lipinski definition) is 2. The van der Waals surface area contributed by atoms with Crippen LogP contribution >= 0.6 is 11.3 Å². The zero-order valence-electron chi connectivity index (χ0n) is 15.5. The van der Waals surface area contributed by atoms with Crippen LogP contribution in [0.1, 0.15) is 21.5 Å². The highest BCUT2D eigenvalue weighted by atomic mass is 32.1. The Bertz CT molecular complexity index is 1150. The summed E-state index contributed by atoms with van der Waals surface area (Å²) in [6, 6.07) is 15.6. The maximum Gasteiger partial charge on any atom is 0.416 e. The lowest BCUT2D eigenvalue weighted by atomic mass is 10.1. The van der Waals surface area contributed by atoms with Crippen molar-refractivity contribution in [3.05, 3.63) is 88.1 Å². The van der Waals surface area contributed by atoms with E-state index in [0.29, 0.717) is 29.1 Å². The molecule has 0 atom stereocenters. The van der Waals surface area contributed by atoms with Gasteiger partial charge in [0.05, 0.1) is 17.0 Å². The SMILES string of the molecule is O=C(NCc1ccsc1)c1ccc(-c2cc(-c3cccc(C(F)(F)F)c3)n[nH]2)cc1. The molecule has 2 aromatic carbocycles. The van der Waals surface area contributed by atoms with E-state index in [4.69, 9.17) is 0 Å². The molecule has 0 aliphatic rings. The van der Waals surface area contributed by atoms with E-state index in [0.717, 1.165) is 23.3 Å². The molecule has 152 valence electrons. The van der Waals surface area contributed by atoms with E-state index in [1.165, 1.54) is 6.07 Å². The highest BCUT2D eigenvalue weighted by molar-refractivity contribution is 7.07. The molecule has 0 fully saturated rings. The van der Waals surface area contributed by atoms with Gasteiger partial charge in [-0.3, -0.25) is 9.89 Å². The molecule has 0 radical (unpaired) electrons. The van der Waals surface area contributed by atoms with Gasteiger partial charge >= 0.3 is 6.18 Å². The fourth-order valence-corrected chi connectivity index (χ4v) is 3.62. The molecule has 0 saturated heterocycles. The van der Waals surface area contributed by atoms with E-state index in [9.17, 15) is 18.0 Å². The Kier molecular flexibility index (Phi) is 5.41. The number of amides is 1. The second kappa shape index (κ2) is 8.16. The zero-order chi connectivity index (χ0) is 21.1. The monoisotopic (exact) mass is 427 g/mol. The molecule has 4 aromatic rings. The smallest absolute Gasteiger partial charge is 0.348 e. The normalized spacial score (nSPS) is 11.4. The Balaban J connectivity index is 1.48. The Morgan fingerprint density at radius 1 is 1.03 bits per heavy atom. The van der Waals surface area contributed by atoms with E-state index < -0.39 is 11.7 Å². The Morgan fingerprint density at radius 3 is 2.53 bits per heavy atom. The van der Waals surface area contributed by atoms with Crippen molar-refractivity contribution in [3.63, 3.8) is 0 Å². The van der Waals surface area contributed by atoms with Gasteiger partial charge in [-0.1, -0.05) is 24.3 Å². The van der Waals surface area contributed by atoms with Gasteiger partial charge in [-0.25, -0.2) is 0 Å². The highest BCUT2D eigenvalue weighted by Crippen LogP contribution is 2.32. The van der Waals surface area contributed by atoms with Gasteiger partial charge in [-0.05, 0) is 58.3 Å². The predicted octanol–water partition coefficient (Wildman–Crippen LogP) is 5.75. The van der Waals surface area contributed by atoms with E-state index in [2.05, 4.69) is 15.5 Å². The quantitative estimate of drug-likeness (QED) is 0.426. The summed E-state index contributed by atoms with van der Waals surface area (Å²) in [6.45, 7) is 0.463. The number of benzene rings is 2. The minimum atomic E-state index is -4.41. The second-order valence-corrected chi connectivity index (χ2v) is 7.42. The van der Waals surface area contributed by atoms with Gasteiger partial charge in [0.25, 0.3) is 5.91 Å². The number of thiophene rings is 1. The number of nitrogens with one attached hydrogen (secondary N) is 2. The molecule has 8 heteroatoms. The molecular weight excluding hydrogens is 411 g/mol. The summed E-state index contributed by atoms with van der Waals surface area (Å²) in [5.41, 5.74) is 3.05. The van der Waals surface area contributed by atoms with Crippen molar-refractivity contribution in [1.82, 2.24) is 15.5 Å². The second-order valence-electron chi connectivity index (χ2n) is 6.64. The van der Waals surface area contributed by atoms with Crippen LogP contribution in [0.25, 0.3) is 22.5 Å². The first-order valence-corrected chi connectivity index (χ1v) is 9.97. The maximum atomic E-state index is 12.9. The lowest BCUT2D eigenvalue weighted by Gasteiger charge is -2.07. The van der Waals surface area contributed by atoms with Crippen LogP contribution in [0, 0.1) is 0 Å². The Morgan fingerprint density at radius 2 is 1.83 bits per heavy atom. The molecule has 0 aliphatic carbocycles. The van der Waals surface area contributed by atoms with Gasteiger partial charge in [-0.15, -0.1) is 0 Å². The number of carbonyl (C=O) groups is 1. The molecular formula is C22H16F3N3OS. The number of alkyl halides is 3. The van der Waals surface area contributed by atoms with E-state index in [1.807, 2.05) is 16.8 Å². The average molecular weight is 427 g/mol. The Hall–Kier alpha value is -3.39. The molecule has 4 rings (SSSR count). The maximum absolute atomic E-state index is 12.9. The molecule has 0 saturated carbocycles. The minimum absolute atomic E-state index is 0.179. The third-order valence-electron chi connectivity index (χ3n) is 4.55. The summed E-state index contributed by atoms with van der Waals surface area (Å²) in [5.74, 6) is -0.179. The number of H-pyrrole nitrogens is 1. The first kappa shape index (κ1) is 19.9. The van der Waals surface area contributed by atoms with Gasteiger partial charge in [0, 0.05) is 17.7 Å². The summed E-state index contributed by atoms with van der Waals surface area (Å²) in [7, 11) is 0. The standard InChI is InChI=1S/C22H16F3N3OS/c23-22(24,25)18-3-1-2-17(10-18)20-11-19(27-28-20)15-4-6-16(7-5-15)21(29)26-12-14-8-9-30-13-14/h1-11,13H,12H2,(H,26,29)(H,27,28). The van der Waals surface area contributed by atoms with Crippen molar-refractivity contribution in [3.8, 4) is 22.5 Å². The largest absolute Gasteiger partial charge is 0.416 e. The lowest BCUT2D eigenvalue weighted by Crippen LogP contribution is -2.22. The first-order chi connectivity index (χ1) is 14.4. The average Bonchev–Trinajstić information content (AvgIpc) is 3.44. The fourth-order valence-electron chi connectivity index (χ4n) is 2.95. The summed E-state index contributed by atoms with van der Waals surface area (Å²) in [4.78, 5) is 12.3. The van der Waals surface area contributed by atoms with Gasteiger partial charge in [0.1, 0.15) is 0 Å². The number of aromatic amines is 1. The van der Waals surface area contributed by atoms with Crippen LogP contribution in [-0.2, 0) is 12.7 Å². The Labute approximate surface area is 174 Å². The van der Waals surface area contributed by atoms with E-state index >= 15 is 0 Å². The van der Waals surface area contributed by atoms with Crippen LogP contribution in [0.3, 0.4) is 0 Å². The third-order valence-corrected chi connectivity index (χ3v) is 5.29. The number of rotatable bonds is 5. The van der Waals surface area contributed by atoms with Crippen molar-refractivity contribution in [2.24, 2.45) is 0 Å².